The minimum Gasteiger partial charge on any atom is -0.394 e. The number of unbranched alkanes of at least 4 members (excludes halogenated alkanes) is 2. The van der Waals surface area contributed by atoms with Gasteiger partial charge in [-0.1, -0.05) is 6.42 Å². The van der Waals surface area contributed by atoms with Gasteiger partial charge in [0.25, 0.3) is 0 Å². The molecule has 6 nitrogen and oxygen atoms in total. The van der Waals surface area contributed by atoms with Crippen LogP contribution in [0.15, 0.2) is 0 Å². The molecule has 0 radical (unpaired) electrons. The smallest absolute Gasteiger partial charge is 0.186 e. The third-order valence-electron chi connectivity index (χ3n) is 2.61. The first-order valence-electron chi connectivity index (χ1n) is 6.52. The lowest BCUT2D eigenvalue weighted by Gasteiger charge is -2.28. The molecular weight excluding hydrogens is 272 g/mol. The molecule has 4 N–H and O–H groups in total. The summed E-state index contributed by atoms with van der Waals surface area (Å²) in [6, 6.07) is 0. The van der Waals surface area contributed by atoms with Gasteiger partial charge in [-0.3, -0.25) is 0 Å². The summed E-state index contributed by atoms with van der Waals surface area (Å²) in [5.41, 5.74) is 0. The second-order valence-corrected chi connectivity index (χ2v) is 4.82. The predicted molar refractivity (Wildman–Crippen MR) is 74.2 cm³/mol. The highest BCUT2D eigenvalue weighted by atomic mass is 32.1. The summed E-state index contributed by atoms with van der Waals surface area (Å²) in [7, 11) is 0. The van der Waals surface area contributed by atoms with Crippen LogP contribution in [-0.4, -0.2) is 70.6 Å². The minimum absolute atomic E-state index is 0.369. The Bertz CT molecular complexity index is 205. The molecule has 0 fully saturated rings. The van der Waals surface area contributed by atoms with E-state index in [1.807, 2.05) is 0 Å². The average molecular weight is 298 g/mol. The van der Waals surface area contributed by atoms with Gasteiger partial charge < -0.3 is 29.9 Å². The molecule has 0 saturated heterocycles. The molecule has 0 aliphatic rings. The lowest BCUT2D eigenvalue weighted by atomic mass is 10.2. The molecule has 0 amide bonds. The third kappa shape index (κ3) is 8.80. The van der Waals surface area contributed by atoms with Crippen LogP contribution in [-0.2, 0) is 9.47 Å². The van der Waals surface area contributed by atoms with Gasteiger partial charge in [0.2, 0.25) is 0 Å². The Balaban J connectivity index is 4.15. The van der Waals surface area contributed by atoms with Gasteiger partial charge >= 0.3 is 0 Å². The van der Waals surface area contributed by atoms with Crippen LogP contribution in [0.1, 0.15) is 26.2 Å². The maximum Gasteiger partial charge on any atom is 0.186 e. The van der Waals surface area contributed by atoms with E-state index >= 15 is 0 Å². The van der Waals surface area contributed by atoms with E-state index in [0.717, 1.165) is 25.0 Å². The number of aliphatic hydroxyl groups is 4. The topological polar surface area (TPSA) is 99.4 Å². The van der Waals surface area contributed by atoms with Crippen LogP contribution >= 0.6 is 12.6 Å². The van der Waals surface area contributed by atoms with E-state index in [0.29, 0.717) is 6.61 Å². The number of ether oxygens (including phenoxy) is 2. The predicted octanol–water partition coefficient (Wildman–Crippen LogP) is -0.459. The van der Waals surface area contributed by atoms with Gasteiger partial charge in [-0.05, 0) is 25.5 Å². The highest BCUT2D eigenvalue weighted by Gasteiger charge is 2.26. The first kappa shape index (κ1) is 19.1. The lowest BCUT2D eigenvalue weighted by Crippen LogP contribution is -2.42. The summed E-state index contributed by atoms with van der Waals surface area (Å²) >= 11 is 4.10. The number of hydrogen-bond donors (Lipinski definition) is 5. The quantitative estimate of drug-likeness (QED) is 0.190. The highest BCUT2D eigenvalue weighted by Crippen LogP contribution is 2.10. The van der Waals surface area contributed by atoms with E-state index in [9.17, 15) is 10.2 Å². The maximum absolute atomic E-state index is 9.57. The minimum atomic E-state index is -1.21. The summed E-state index contributed by atoms with van der Waals surface area (Å²) in [6.45, 7) is 0.929. The first-order chi connectivity index (χ1) is 9.06. The van der Waals surface area contributed by atoms with Crippen LogP contribution in [0.4, 0.5) is 0 Å². The van der Waals surface area contributed by atoms with Gasteiger partial charge in [-0.15, -0.1) is 0 Å². The van der Waals surface area contributed by atoms with Crippen molar-refractivity contribution < 1.29 is 29.9 Å². The summed E-state index contributed by atoms with van der Waals surface area (Å²) in [6.07, 6.45) is -1.31. The Morgan fingerprint density at radius 3 is 2.21 bits per heavy atom. The second-order valence-electron chi connectivity index (χ2n) is 4.37. The molecule has 0 heterocycles. The summed E-state index contributed by atoms with van der Waals surface area (Å²) in [4.78, 5) is 0. The molecule has 0 aromatic heterocycles. The Hall–Kier alpha value is 0.110. The van der Waals surface area contributed by atoms with Crippen molar-refractivity contribution in [3.8, 4) is 0 Å². The molecule has 0 rings (SSSR count). The van der Waals surface area contributed by atoms with Gasteiger partial charge in [0, 0.05) is 6.61 Å². The molecule has 116 valence electrons. The van der Waals surface area contributed by atoms with Crippen LogP contribution in [0.5, 0.6) is 0 Å². The van der Waals surface area contributed by atoms with Crippen LogP contribution in [0.2, 0.25) is 0 Å². The highest BCUT2D eigenvalue weighted by molar-refractivity contribution is 7.80. The van der Waals surface area contributed by atoms with E-state index in [4.69, 9.17) is 19.7 Å². The molecule has 0 aromatic rings. The van der Waals surface area contributed by atoms with Crippen LogP contribution in [0, 0.1) is 0 Å². The average Bonchev–Trinajstić information content (AvgIpc) is 2.40. The molecule has 0 aliphatic heterocycles. The third-order valence-corrected chi connectivity index (χ3v) is 2.93. The van der Waals surface area contributed by atoms with Crippen LogP contribution in [0.25, 0.3) is 0 Å². The fraction of sp³-hybridized carbons (Fsp3) is 1.00. The van der Waals surface area contributed by atoms with Crippen molar-refractivity contribution in [1.82, 2.24) is 0 Å². The van der Waals surface area contributed by atoms with Gasteiger partial charge in [0.05, 0.1) is 19.3 Å². The Kier molecular flexibility index (Phi) is 12.0. The fourth-order valence-electron chi connectivity index (χ4n) is 1.40. The van der Waals surface area contributed by atoms with Crippen molar-refractivity contribution in [2.45, 2.75) is 50.8 Å². The number of thiol groups is 1. The van der Waals surface area contributed by atoms with Crippen molar-refractivity contribution in [2.75, 3.05) is 25.6 Å². The zero-order valence-electron chi connectivity index (χ0n) is 11.3. The molecule has 7 heteroatoms. The normalized spacial score (nSPS) is 18.0. The number of rotatable bonds is 12. The molecule has 0 aliphatic carbocycles. The van der Waals surface area contributed by atoms with E-state index in [1.54, 1.807) is 0 Å². The van der Waals surface area contributed by atoms with Crippen molar-refractivity contribution in [3.05, 3.63) is 0 Å². The molecule has 0 spiro atoms. The summed E-state index contributed by atoms with van der Waals surface area (Å²) in [5.74, 6) is 0.813. The lowest BCUT2D eigenvalue weighted by molar-refractivity contribution is -0.240. The van der Waals surface area contributed by atoms with Gasteiger partial charge in [0.15, 0.2) is 6.29 Å². The second kappa shape index (κ2) is 11.9. The Labute approximate surface area is 119 Å². The zero-order valence-corrected chi connectivity index (χ0v) is 12.2. The van der Waals surface area contributed by atoms with Crippen molar-refractivity contribution in [3.63, 3.8) is 0 Å². The molecule has 1 unspecified atom stereocenters. The molecule has 0 aromatic carbocycles. The first-order valence-corrected chi connectivity index (χ1v) is 7.15. The van der Waals surface area contributed by atoms with Crippen LogP contribution < -0.4 is 0 Å². The SMILES string of the molecule is C[C@@H](O)C(CO)O[C@@H](OCCCCCS)[C@@H](O)CO. The fourth-order valence-corrected chi connectivity index (χ4v) is 1.62. The van der Waals surface area contributed by atoms with Gasteiger partial charge in [0.1, 0.15) is 12.2 Å². The number of hydrogen-bond acceptors (Lipinski definition) is 7. The van der Waals surface area contributed by atoms with E-state index in [2.05, 4.69) is 12.6 Å². The number of aliphatic hydroxyl groups excluding tert-OH is 4. The van der Waals surface area contributed by atoms with Crippen molar-refractivity contribution in [2.24, 2.45) is 0 Å². The molecule has 0 saturated carbocycles. The van der Waals surface area contributed by atoms with Gasteiger partial charge in [-0.2, -0.15) is 12.6 Å². The molecular formula is C12H26O6S. The van der Waals surface area contributed by atoms with Crippen molar-refractivity contribution >= 4 is 12.6 Å². The Morgan fingerprint density at radius 2 is 1.74 bits per heavy atom. The van der Waals surface area contributed by atoms with Crippen LogP contribution in [0.3, 0.4) is 0 Å². The van der Waals surface area contributed by atoms with E-state index in [1.165, 1.54) is 6.92 Å². The largest absolute Gasteiger partial charge is 0.394 e. The summed E-state index contributed by atoms with van der Waals surface area (Å²) < 4.78 is 10.6. The Morgan fingerprint density at radius 1 is 1.05 bits per heavy atom. The standard InChI is InChI=1S/C12H26O6S/c1-9(15)11(8-14)18-12(10(16)7-13)17-5-3-2-4-6-19/h9-16,19H,2-8H2,1H3/t9-,10+,11?,12-/m1/s1. The van der Waals surface area contributed by atoms with E-state index in [-0.39, 0.29) is 0 Å². The zero-order chi connectivity index (χ0) is 14.7. The maximum atomic E-state index is 9.57. The van der Waals surface area contributed by atoms with Crippen molar-refractivity contribution in [1.29, 1.82) is 0 Å². The molecule has 4 atom stereocenters. The molecule has 19 heavy (non-hydrogen) atoms. The van der Waals surface area contributed by atoms with E-state index < -0.39 is 37.8 Å². The summed E-state index contributed by atoms with van der Waals surface area (Å²) in [5, 5.41) is 36.9. The monoisotopic (exact) mass is 298 g/mol. The van der Waals surface area contributed by atoms with Gasteiger partial charge in [-0.25, -0.2) is 0 Å². The molecule has 0 bridgehead atoms.